The predicted octanol–water partition coefficient (Wildman–Crippen LogP) is 9.37. The molecule has 0 saturated heterocycles. The molecule has 6 aromatic carbocycles. The zero-order valence-corrected chi connectivity index (χ0v) is 30.5. The van der Waals surface area contributed by atoms with Crippen LogP contribution in [-0.4, -0.2) is 33.0 Å². The van der Waals surface area contributed by atoms with Crippen molar-refractivity contribution < 1.29 is 14.2 Å². The summed E-state index contributed by atoms with van der Waals surface area (Å²) < 4.78 is 22.9. The minimum absolute atomic E-state index is 0.0813. The van der Waals surface area contributed by atoms with E-state index in [9.17, 15) is 9.59 Å². The Morgan fingerprint density at radius 2 is 1.19 bits per heavy atom. The van der Waals surface area contributed by atoms with Gasteiger partial charge in [0.05, 0.1) is 62.0 Å². The third kappa shape index (κ3) is 5.12. The zero-order valence-electron chi connectivity index (χ0n) is 28.9. The Kier molecular flexibility index (Phi) is 7.46. The standard InChI is InChI=1S/C43H28N4O5S2/c1-50-35-10-6-11-36(51-2)39(35)27-15-17-32-30(22-27)41(49)47-34-18-13-24(19-38(34)54-43(47)45-32)23-52-28-8-5-7-25(20-28)26-14-16-31-29(21-26)40(48)46-33-9-3-4-12-37(33)53-42(46)44-31/h3-22H,23H2,1-2H3. The predicted molar refractivity (Wildman–Crippen MR) is 217 cm³/mol. The van der Waals surface area contributed by atoms with Crippen molar-refractivity contribution in [3.05, 3.63) is 148 Å². The molecule has 0 amide bonds. The van der Waals surface area contributed by atoms with Crippen molar-refractivity contribution in [2.75, 3.05) is 14.2 Å². The average Bonchev–Trinajstić information content (AvgIpc) is 3.77. The van der Waals surface area contributed by atoms with Crippen molar-refractivity contribution in [3.8, 4) is 39.5 Å². The number of thiazole rings is 2. The number of hydrogen-bond acceptors (Lipinski definition) is 9. The molecule has 54 heavy (non-hydrogen) atoms. The molecule has 0 N–H and O–H groups in total. The lowest BCUT2D eigenvalue weighted by molar-refractivity contribution is 0.306. The smallest absolute Gasteiger partial charge is 0.266 e. The van der Waals surface area contributed by atoms with Crippen LogP contribution in [0.25, 0.3) is 74.4 Å². The number of rotatable bonds is 7. The SMILES string of the molecule is COc1cccc(OC)c1-c1ccc2nc3sc4cc(COc5cccc(-c6ccc7nc8sc9ccccc9n8c(=O)c7c6)c5)ccc4n3c(=O)c2c1. The van der Waals surface area contributed by atoms with Crippen LogP contribution in [0.2, 0.25) is 0 Å². The van der Waals surface area contributed by atoms with E-state index in [2.05, 4.69) is 0 Å². The van der Waals surface area contributed by atoms with E-state index in [1.165, 1.54) is 22.7 Å². The third-order valence-corrected chi connectivity index (χ3v) is 11.8. The van der Waals surface area contributed by atoms with E-state index in [0.29, 0.717) is 55.6 Å². The molecule has 9 nitrogen and oxygen atoms in total. The van der Waals surface area contributed by atoms with E-state index < -0.39 is 0 Å². The minimum atomic E-state index is -0.141. The van der Waals surface area contributed by atoms with E-state index in [0.717, 1.165) is 48.3 Å². The summed E-state index contributed by atoms with van der Waals surface area (Å²) in [5, 5.41) is 1.07. The van der Waals surface area contributed by atoms with Gasteiger partial charge in [-0.1, -0.05) is 71.2 Å². The highest BCUT2D eigenvalue weighted by Gasteiger charge is 2.17. The van der Waals surface area contributed by atoms with Crippen LogP contribution in [0.3, 0.4) is 0 Å². The summed E-state index contributed by atoms with van der Waals surface area (Å²) in [5.41, 5.74) is 7.09. The number of methoxy groups -OCH3 is 2. The first-order valence-corrected chi connectivity index (χ1v) is 18.8. The van der Waals surface area contributed by atoms with Gasteiger partial charge in [-0.15, -0.1) is 0 Å². The Hall–Kier alpha value is -6.56. The fourth-order valence-electron chi connectivity index (χ4n) is 7.13. The molecule has 0 radical (unpaired) electrons. The third-order valence-electron chi connectivity index (χ3n) is 9.74. The van der Waals surface area contributed by atoms with Gasteiger partial charge in [-0.05, 0) is 95.1 Å². The van der Waals surface area contributed by atoms with Crippen molar-refractivity contribution in [2.24, 2.45) is 0 Å². The van der Waals surface area contributed by atoms with Crippen molar-refractivity contribution in [1.29, 1.82) is 0 Å². The van der Waals surface area contributed by atoms with Crippen molar-refractivity contribution in [1.82, 2.24) is 18.8 Å². The molecule has 0 spiro atoms. The number of fused-ring (bicyclic) bond motifs is 8. The zero-order chi connectivity index (χ0) is 36.5. The Bertz CT molecular complexity index is 3250. The molecule has 11 heteroatoms. The maximum absolute atomic E-state index is 14.0. The molecule has 0 aliphatic rings. The second-order valence-corrected chi connectivity index (χ2v) is 14.9. The van der Waals surface area contributed by atoms with Gasteiger partial charge in [0, 0.05) is 0 Å². The molecule has 0 bridgehead atoms. The molecular formula is C43H28N4O5S2. The summed E-state index contributed by atoms with van der Waals surface area (Å²) in [4.78, 5) is 38.7. The molecule has 10 aromatic rings. The molecule has 0 fully saturated rings. The first-order valence-electron chi connectivity index (χ1n) is 17.1. The molecule has 0 unspecified atom stereocenters. The quantitative estimate of drug-likeness (QED) is 0.161. The van der Waals surface area contributed by atoms with E-state index in [1.54, 1.807) is 23.0 Å². The van der Waals surface area contributed by atoms with Gasteiger partial charge in [0.1, 0.15) is 23.9 Å². The highest BCUT2D eigenvalue weighted by Crippen LogP contribution is 2.39. The first kappa shape index (κ1) is 32.1. The number of aromatic nitrogens is 4. The van der Waals surface area contributed by atoms with Crippen LogP contribution in [0.15, 0.2) is 131 Å². The van der Waals surface area contributed by atoms with Crippen molar-refractivity contribution in [2.45, 2.75) is 6.61 Å². The van der Waals surface area contributed by atoms with Crippen molar-refractivity contribution in [3.63, 3.8) is 0 Å². The van der Waals surface area contributed by atoms with Gasteiger partial charge in [0.25, 0.3) is 11.1 Å². The Labute approximate surface area is 314 Å². The van der Waals surface area contributed by atoms with Gasteiger partial charge in [0.2, 0.25) is 0 Å². The highest BCUT2D eigenvalue weighted by atomic mass is 32.1. The van der Waals surface area contributed by atoms with E-state index in [-0.39, 0.29) is 11.1 Å². The van der Waals surface area contributed by atoms with Crippen molar-refractivity contribution >= 4 is 74.8 Å². The second-order valence-electron chi connectivity index (χ2n) is 12.9. The lowest BCUT2D eigenvalue weighted by Gasteiger charge is -2.13. The molecule has 0 atom stereocenters. The summed E-state index contributed by atoms with van der Waals surface area (Å²) in [7, 11) is 3.23. The number of benzene rings is 6. The molecule has 262 valence electrons. The van der Waals surface area contributed by atoms with Crippen LogP contribution in [0.4, 0.5) is 0 Å². The minimum Gasteiger partial charge on any atom is -0.496 e. The molecule has 4 aromatic heterocycles. The van der Waals surface area contributed by atoms with Gasteiger partial charge < -0.3 is 14.2 Å². The van der Waals surface area contributed by atoms with Crippen LogP contribution in [0, 0.1) is 0 Å². The lowest BCUT2D eigenvalue weighted by atomic mass is 10.0. The fourth-order valence-corrected chi connectivity index (χ4v) is 9.25. The van der Waals surface area contributed by atoms with Crippen LogP contribution >= 0.6 is 22.7 Å². The van der Waals surface area contributed by atoms with Gasteiger partial charge in [0.15, 0.2) is 9.92 Å². The second kappa shape index (κ2) is 12.5. The first-order chi connectivity index (χ1) is 26.5. The van der Waals surface area contributed by atoms with Crippen LogP contribution in [0.1, 0.15) is 5.56 Å². The Balaban J connectivity index is 0.950. The summed E-state index contributed by atoms with van der Waals surface area (Å²) in [6.07, 6.45) is 0. The fraction of sp³-hybridized carbons (Fsp3) is 0.0698. The van der Waals surface area contributed by atoms with Gasteiger partial charge in [-0.2, -0.15) is 0 Å². The number of nitrogens with zero attached hydrogens (tertiary/aromatic N) is 4. The number of hydrogen-bond donors (Lipinski definition) is 0. The summed E-state index contributed by atoms with van der Waals surface area (Å²) in [6, 6.07) is 38.8. The molecule has 0 saturated carbocycles. The van der Waals surface area contributed by atoms with Crippen LogP contribution in [0.5, 0.6) is 17.2 Å². The topological polar surface area (TPSA) is 96.4 Å². The summed E-state index contributed by atoms with van der Waals surface area (Å²) in [6.45, 7) is 0.328. The van der Waals surface area contributed by atoms with Crippen LogP contribution < -0.4 is 25.3 Å². The molecular weight excluding hydrogens is 717 g/mol. The van der Waals surface area contributed by atoms with E-state index in [1.807, 2.05) is 121 Å². The maximum atomic E-state index is 14.0. The Morgan fingerprint density at radius 1 is 0.574 bits per heavy atom. The Morgan fingerprint density at radius 3 is 1.91 bits per heavy atom. The number of ether oxygens (including phenoxy) is 3. The summed E-state index contributed by atoms with van der Waals surface area (Å²) in [5.74, 6) is 2.01. The summed E-state index contributed by atoms with van der Waals surface area (Å²) >= 11 is 2.98. The average molecular weight is 745 g/mol. The lowest BCUT2D eigenvalue weighted by Crippen LogP contribution is -2.13. The molecule has 10 rings (SSSR count). The normalized spacial score (nSPS) is 11.7. The monoisotopic (exact) mass is 744 g/mol. The van der Waals surface area contributed by atoms with Crippen LogP contribution in [-0.2, 0) is 6.61 Å². The largest absolute Gasteiger partial charge is 0.496 e. The van der Waals surface area contributed by atoms with Gasteiger partial charge in [-0.25, -0.2) is 9.97 Å². The van der Waals surface area contributed by atoms with E-state index in [4.69, 9.17) is 24.2 Å². The van der Waals surface area contributed by atoms with Gasteiger partial charge in [-0.3, -0.25) is 18.4 Å². The molecule has 4 heterocycles. The highest BCUT2D eigenvalue weighted by molar-refractivity contribution is 7.24. The molecule has 0 aliphatic heterocycles. The van der Waals surface area contributed by atoms with Gasteiger partial charge >= 0.3 is 0 Å². The number of para-hydroxylation sites is 1. The van der Waals surface area contributed by atoms with E-state index >= 15 is 0 Å². The molecule has 0 aliphatic carbocycles. The maximum Gasteiger partial charge on any atom is 0.266 e.